The molecular formula is C18H29N3O4S2. The van der Waals surface area contributed by atoms with Gasteiger partial charge in [0.15, 0.2) is 0 Å². The average molecular weight is 416 g/mol. The number of morpholine rings is 1. The van der Waals surface area contributed by atoms with Crippen LogP contribution < -0.4 is 10.0 Å². The minimum absolute atomic E-state index is 0.0377. The maximum atomic E-state index is 12.6. The molecule has 1 aromatic rings. The number of ether oxygens (including phenoxy) is 1. The molecule has 1 aromatic heterocycles. The Labute approximate surface area is 165 Å². The summed E-state index contributed by atoms with van der Waals surface area (Å²) in [6.45, 7) is 5.37. The molecule has 2 N–H and O–H groups in total. The van der Waals surface area contributed by atoms with Crippen LogP contribution in [0.3, 0.4) is 0 Å². The Morgan fingerprint density at radius 1 is 1.30 bits per heavy atom. The van der Waals surface area contributed by atoms with Crippen LogP contribution in [0.1, 0.15) is 39.0 Å². The quantitative estimate of drug-likeness (QED) is 0.706. The van der Waals surface area contributed by atoms with Gasteiger partial charge in [0.25, 0.3) is 10.0 Å². The molecule has 2 fully saturated rings. The van der Waals surface area contributed by atoms with E-state index in [-0.39, 0.29) is 15.7 Å². The summed E-state index contributed by atoms with van der Waals surface area (Å²) >= 11 is 1.14. The van der Waals surface area contributed by atoms with E-state index in [1.54, 1.807) is 18.4 Å². The molecule has 1 saturated carbocycles. The van der Waals surface area contributed by atoms with E-state index in [0.717, 1.165) is 63.3 Å². The Hall–Kier alpha value is -1.00. The van der Waals surface area contributed by atoms with Gasteiger partial charge >= 0.3 is 0 Å². The molecule has 0 bridgehead atoms. The normalized spacial score (nSPS) is 22.3. The molecule has 152 valence electrons. The Kier molecular flexibility index (Phi) is 6.91. The van der Waals surface area contributed by atoms with Gasteiger partial charge in [0.05, 0.1) is 19.3 Å². The van der Waals surface area contributed by atoms with Crippen molar-refractivity contribution in [3.05, 3.63) is 17.5 Å². The van der Waals surface area contributed by atoms with E-state index in [4.69, 9.17) is 4.74 Å². The van der Waals surface area contributed by atoms with Crippen LogP contribution in [0.4, 0.5) is 0 Å². The fraction of sp³-hybridized carbons (Fsp3) is 0.722. The maximum absolute atomic E-state index is 12.6. The fourth-order valence-corrected chi connectivity index (χ4v) is 6.23. The van der Waals surface area contributed by atoms with Crippen molar-refractivity contribution in [3.8, 4) is 0 Å². The second-order valence-corrected chi connectivity index (χ2v) is 10.3. The van der Waals surface area contributed by atoms with Gasteiger partial charge in [-0.05, 0) is 31.2 Å². The molecule has 27 heavy (non-hydrogen) atoms. The third-order valence-corrected chi connectivity index (χ3v) is 8.48. The molecule has 3 rings (SSSR count). The molecule has 2 aliphatic rings. The predicted octanol–water partition coefficient (Wildman–Crippen LogP) is 1.57. The van der Waals surface area contributed by atoms with Crippen molar-refractivity contribution in [2.45, 2.75) is 54.8 Å². The van der Waals surface area contributed by atoms with Crippen LogP contribution >= 0.6 is 11.3 Å². The number of hydrogen-bond donors (Lipinski definition) is 2. The first-order valence-corrected chi connectivity index (χ1v) is 12.0. The number of hydrogen-bond acceptors (Lipinski definition) is 6. The molecular weight excluding hydrogens is 386 g/mol. The van der Waals surface area contributed by atoms with Crippen molar-refractivity contribution < 1.29 is 17.9 Å². The smallest absolute Gasteiger partial charge is 0.250 e. The van der Waals surface area contributed by atoms with Crippen LogP contribution in [-0.2, 0) is 19.6 Å². The second kappa shape index (κ2) is 9.00. The molecule has 1 aliphatic heterocycles. The first-order chi connectivity index (χ1) is 12.9. The van der Waals surface area contributed by atoms with Crippen LogP contribution in [0, 0.1) is 0 Å². The minimum Gasteiger partial charge on any atom is -0.379 e. The molecule has 0 aromatic carbocycles. The molecule has 1 amide bonds. The highest BCUT2D eigenvalue weighted by Crippen LogP contribution is 2.33. The van der Waals surface area contributed by atoms with Gasteiger partial charge in [0.2, 0.25) is 5.91 Å². The van der Waals surface area contributed by atoms with Crippen LogP contribution in [0.15, 0.2) is 21.7 Å². The summed E-state index contributed by atoms with van der Waals surface area (Å²) < 4.78 is 32.8. The molecule has 0 radical (unpaired) electrons. The standard InChI is InChI=1S/C18H29N3O4S2/c1-15(20-27(23,24)16-6-5-13-26-16)17(22)19-14-18(7-3-2-4-8-18)21-9-11-25-12-10-21/h5-6,13,15,20H,2-4,7-12,14H2,1H3,(H,19,22). The predicted molar refractivity (Wildman–Crippen MR) is 105 cm³/mol. The lowest BCUT2D eigenvalue weighted by Crippen LogP contribution is -2.60. The van der Waals surface area contributed by atoms with Crippen LogP contribution in [0.25, 0.3) is 0 Å². The number of carbonyl (C=O) groups excluding carboxylic acids is 1. The van der Waals surface area contributed by atoms with Crippen LogP contribution in [0.2, 0.25) is 0 Å². The summed E-state index contributed by atoms with van der Waals surface area (Å²) in [5, 5.41) is 4.72. The van der Waals surface area contributed by atoms with E-state index in [9.17, 15) is 13.2 Å². The molecule has 2 heterocycles. The van der Waals surface area contributed by atoms with Gasteiger partial charge in [-0.2, -0.15) is 4.72 Å². The third-order valence-electron chi connectivity index (χ3n) is 5.54. The molecule has 1 atom stereocenters. The molecule has 1 unspecified atom stereocenters. The number of sulfonamides is 1. The van der Waals surface area contributed by atoms with Crippen LogP contribution in [0.5, 0.6) is 0 Å². The zero-order chi connectivity index (χ0) is 19.3. The Bertz CT molecular complexity index is 709. The highest BCUT2D eigenvalue weighted by atomic mass is 32.2. The SMILES string of the molecule is CC(NS(=O)(=O)c1cccs1)C(=O)NCC1(N2CCOCC2)CCCCC1. The summed E-state index contributed by atoms with van der Waals surface area (Å²) in [7, 11) is -3.66. The molecule has 9 heteroatoms. The minimum atomic E-state index is -3.66. The number of nitrogens with one attached hydrogen (secondary N) is 2. The zero-order valence-corrected chi connectivity index (χ0v) is 17.4. The van der Waals surface area contributed by atoms with Crippen molar-refractivity contribution in [2.75, 3.05) is 32.8 Å². The summed E-state index contributed by atoms with van der Waals surface area (Å²) in [6, 6.07) is 2.40. The van der Waals surface area contributed by atoms with Crippen LogP contribution in [-0.4, -0.2) is 63.7 Å². The molecule has 0 spiro atoms. The van der Waals surface area contributed by atoms with Crippen molar-refractivity contribution in [1.29, 1.82) is 0 Å². The van der Waals surface area contributed by atoms with Crippen molar-refractivity contribution in [2.24, 2.45) is 0 Å². The van der Waals surface area contributed by atoms with Gasteiger partial charge in [-0.1, -0.05) is 25.3 Å². The maximum Gasteiger partial charge on any atom is 0.250 e. The number of rotatable bonds is 7. The lowest BCUT2D eigenvalue weighted by molar-refractivity contribution is -0.123. The monoisotopic (exact) mass is 415 g/mol. The zero-order valence-electron chi connectivity index (χ0n) is 15.8. The van der Waals surface area contributed by atoms with E-state index in [0.29, 0.717) is 6.54 Å². The van der Waals surface area contributed by atoms with Gasteiger partial charge in [0, 0.05) is 25.2 Å². The van der Waals surface area contributed by atoms with Gasteiger partial charge in [-0.15, -0.1) is 11.3 Å². The number of amides is 1. The largest absolute Gasteiger partial charge is 0.379 e. The lowest BCUT2D eigenvalue weighted by Gasteiger charge is -2.48. The van der Waals surface area contributed by atoms with Gasteiger partial charge in [0.1, 0.15) is 4.21 Å². The third kappa shape index (κ3) is 5.08. The summed E-state index contributed by atoms with van der Waals surface area (Å²) in [5.41, 5.74) is -0.0377. The first kappa shape index (κ1) is 20.7. The topological polar surface area (TPSA) is 87.7 Å². The van der Waals surface area contributed by atoms with Gasteiger partial charge in [-0.25, -0.2) is 8.42 Å². The fourth-order valence-electron chi connectivity index (χ4n) is 4.02. The molecule has 7 nitrogen and oxygen atoms in total. The van der Waals surface area contributed by atoms with Crippen molar-refractivity contribution in [1.82, 2.24) is 14.9 Å². The summed E-state index contributed by atoms with van der Waals surface area (Å²) in [4.78, 5) is 15.0. The summed E-state index contributed by atoms with van der Waals surface area (Å²) in [6.07, 6.45) is 5.67. The highest BCUT2D eigenvalue weighted by molar-refractivity contribution is 7.91. The molecule has 1 saturated heterocycles. The van der Waals surface area contributed by atoms with E-state index in [2.05, 4.69) is 14.9 Å². The Morgan fingerprint density at radius 3 is 2.63 bits per heavy atom. The Morgan fingerprint density at radius 2 is 2.00 bits per heavy atom. The number of thiophene rings is 1. The van der Waals surface area contributed by atoms with Gasteiger partial charge in [-0.3, -0.25) is 9.69 Å². The van der Waals surface area contributed by atoms with Crippen molar-refractivity contribution in [3.63, 3.8) is 0 Å². The first-order valence-electron chi connectivity index (χ1n) is 9.59. The second-order valence-electron chi connectivity index (χ2n) is 7.38. The highest BCUT2D eigenvalue weighted by Gasteiger charge is 2.39. The number of nitrogens with zero attached hydrogens (tertiary/aromatic N) is 1. The van der Waals surface area contributed by atoms with Crippen molar-refractivity contribution >= 4 is 27.3 Å². The van der Waals surface area contributed by atoms with E-state index < -0.39 is 16.1 Å². The average Bonchev–Trinajstić information content (AvgIpc) is 3.23. The van der Waals surface area contributed by atoms with Gasteiger partial charge < -0.3 is 10.1 Å². The van der Waals surface area contributed by atoms with E-state index in [1.165, 1.54) is 12.5 Å². The van der Waals surface area contributed by atoms with E-state index >= 15 is 0 Å². The Balaban J connectivity index is 1.60. The summed E-state index contributed by atoms with van der Waals surface area (Å²) in [5.74, 6) is -0.284. The van der Waals surface area contributed by atoms with E-state index in [1.807, 2.05) is 0 Å². The molecule has 1 aliphatic carbocycles. The number of carbonyl (C=O) groups is 1. The lowest BCUT2D eigenvalue weighted by atomic mass is 9.79.